The number of rotatable bonds is 2. The van der Waals surface area contributed by atoms with E-state index in [1.807, 2.05) is 13.0 Å². The zero-order chi connectivity index (χ0) is 11.7. The molecule has 0 amide bonds. The van der Waals surface area contributed by atoms with Gasteiger partial charge in [0.2, 0.25) is 5.28 Å². The molecule has 2 heterocycles. The number of fused-ring (bicyclic) bond motifs is 1. The summed E-state index contributed by atoms with van der Waals surface area (Å²) in [6.45, 7) is 4.00. The average Bonchev–Trinajstić information content (AvgIpc) is 2.57. The number of nitrogens with zero attached hydrogens (tertiary/aromatic N) is 2. The van der Waals surface area contributed by atoms with E-state index in [0.29, 0.717) is 12.1 Å². The SMILES string of the molecule is CCOC(=O)c1nc(Cl)nc2cc(C)sc12. The van der Waals surface area contributed by atoms with Crippen LogP contribution in [0.4, 0.5) is 0 Å². The van der Waals surface area contributed by atoms with Crippen molar-refractivity contribution in [3.63, 3.8) is 0 Å². The molecular formula is C10H9ClN2O2S. The number of thiophene rings is 1. The number of ether oxygens (including phenoxy) is 1. The van der Waals surface area contributed by atoms with Gasteiger partial charge in [0, 0.05) is 4.88 Å². The number of carbonyl (C=O) groups excluding carboxylic acids is 1. The lowest BCUT2D eigenvalue weighted by Gasteiger charge is -2.01. The lowest BCUT2D eigenvalue weighted by atomic mass is 10.3. The fourth-order valence-electron chi connectivity index (χ4n) is 1.36. The predicted octanol–water partition coefficient (Wildman–Crippen LogP) is 2.83. The number of hydrogen-bond acceptors (Lipinski definition) is 5. The molecule has 0 fully saturated rings. The largest absolute Gasteiger partial charge is 0.461 e. The second kappa shape index (κ2) is 4.35. The van der Waals surface area contributed by atoms with Crippen LogP contribution >= 0.6 is 22.9 Å². The van der Waals surface area contributed by atoms with E-state index in [2.05, 4.69) is 9.97 Å². The summed E-state index contributed by atoms with van der Waals surface area (Å²) in [5.41, 5.74) is 0.931. The van der Waals surface area contributed by atoms with Gasteiger partial charge in [-0.3, -0.25) is 0 Å². The number of aromatic nitrogens is 2. The maximum atomic E-state index is 11.7. The molecular weight excluding hydrogens is 248 g/mol. The first-order chi connectivity index (χ1) is 7.61. The Morgan fingerprint density at radius 2 is 2.31 bits per heavy atom. The standard InChI is InChI=1S/C10H9ClN2O2S/c1-3-15-9(14)7-8-6(4-5(2)16-8)12-10(11)13-7/h4H,3H2,1-2H3. The van der Waals surface area contributed by atoms with Crippen molar-refractivity contribution in [2.75, 3.05) is 6.61 Å². The van der Waals surface area contributed by atoms with Gasteiger partial charge in [0.1, 0.15) is 0 Å². The molecule has 0 aromatic carbocycles. The average molecular weight is 257 g/mol. The first kappa shape index (κ1) is 11.3. The van der Waals surface area contributed by atoms with Crippen LogP contribution in [0.2, 0.25) is 5.28 Å². The van der Waals surface area contributed by atoms with E-state index >= 15 is 0 Å². The quantitative estimate of drug-likeness (QED) is 0.612. The number of carbonyl (C=O) groups is 1. The summed E-state index contributed by atoms with van der Waals surface area (Å²) in [6, 6.07) is 1.87. The molecule has 0 atom stereocenters. The Balaban J connectivity index is 2.62. The highest BCUT2D eigenvalue weighted by Gasteiger charge is 2.17. The normalized spacial score (nSPS) is 10.7. The Kier molecular flexibility index (Phi) is 3.07. The molecule has 0 spiro atoms. The predicted molar refractivity (Wildman–Crippen MR) is 63.1 cm³/mol. The van der Waals surface area contributed by atoms with Gasteiger partial charge < -0.3 is 4.74 Å². The molecule has 2 aromatic rings. The molecule has 2 aromatic heterocycles. The van der Waals surface area contributed by atoms with E-state index < -0.39 is 5.97 Å². The van der Waals surface area contributed by atoms with Crippen molar-refractivity contribution in [3.05, 3.63) is 21.9 Å². The second-order valence-corrected chi connectivity index (χ2v) is 4.73. The van der Waals surface area contributed by atoms with Gasteiger partial charge >= 0.3 is 5.97 Å². The summed E-state index contributed by atoms with van der Waals surface area (Å²) in [5, 5.41) is 0.0633. The van der Waals surface area contributed by atoms with Gasteiger partial charge in [-0.1, -0.05) is 0 Å². The first-order valence-corrected chi connectivity index (χ1v) is 5.92. The Hall–Kier alpha value is -1.20. The number of esters is 1. The van der Waals surface area contributed by atoms with E-state index in [1.54, 1.807) is 6.92 Å². The van der Waals surface area contributed by atoms with Crippen LogP contribution in [0.3, 0.4) is 0 Å². The minimum atomic E-state index is -0.460. The molecule has 0 aliphatic rings. The molecule has 0 bridgehead atoms. The number of hydrogen-bond donors (Lipinski definition) is 0. The van der Waals surface area contributed by atoms with Crippen molar-refractivity contribution in [1.82, 2.24) is 9.97 Å². The summed E-state index contributed by atoms with van der Waals surface area (Å²) in [4.78, 5) is 20.7. The highest BCUT2D eigenvalue weighted by molar-refractivity contribution is 7.19. The van der Waals surface area contributed by atoms with Crippen molar-refractivity contribution < 1.29 is 9.53 Å². The topological polar surface area (TPSA) is 52.1 Å². The van der Waals surface area contributed by atoms with Gasteiger partial charge in [0.25, 0.3) is 0 Å². The molecule has 0 radical (unpaired) electrons. The zero-order valence-corrected chi connectivity index (χ0v) is 10.4. The van der Waals surface area contributed by atoms with Crippen LogP contribution in [0.5, 0.6) is 0 Å². The maximum Gasteiger partial charge on any atom is 0.358 e. The lowest BCUT2D eigenvalue weighted by molar-refractivity contribution is 0.0522. The van der Waals surface area contributed by atoms with Crippen molar-refractivity contribution in [1.29, 1.82) is 0 Å². The summed E-state index contributed by atoms with van der Waals surface area (Å²) in [6.07, 6.45) is 0. The molecule has 16 heavy (non-hydrogen) atoms. The van der Waals surface area contributed by atoms with Crippen LogP contribution in [-0.4, -0.2) is 22.5 Å². The maximum absolute atomic E-state index is 11.7. The van der Waals surface area contributed by atoms with Gasteiger partial charge in [0.05, 0.1) is 16.8 Å². The molecule has 6 heteroatoms. The van der Waals surface area contributed by atoms with E-state index in [4.69, 9.17) is 16.3 Å². The Morgan fingerprint density at radius 1 is 1.56 bits per heavy atom. The van der Waals surface area contributed by atoms with Crippen LogP contribution in [-0.2, 0) is 4.74 Å². The van der Waals surface area contributed by atoms with Gasteiger partial charge in [-0.05, 0) is 31.5 Å². The molecule has 4 nitrogen and oxygen atoms in total. The van der Waals surface area contributed by atoms with Crippen LogP contribution in [0.15, 0.2) is 6.07 Å². The zero-order valence-electron chi connectivity index (χ0n) is 8.78. The fraction of sp³-hybridized carbons (Fsp3) is 0.300. The van der Waals surface area contributed by atoms with Crippen LogP contribution in [0, 0.1) is 6.92 Å². The molecule has 0 aliphatic carbocycles. The lowest BCUT2D eigenvalue weighted by Crippen LogP contribution is -2.07. The minimum absolute atomic E-state index is 0.0633. The van der Waals surface area contributed by atoms with Crippen LogP contribution in [0.1, 0.15) is 22.3 Å². The van der Waals surface area contributed by atoms with Gasteiger partial charge in [-0.25, -0.2) is 14.8 Å². The third kappa shape index (κ3) is 2.01. The van der Waals surface area contributed by atoms with Crippen molar-refractivity contribution in [2.45, 2.75) is 13.8 Å². The molecule has 0 aliphatic heterocycles. The molecule has 0 saturated carbocycles. The van der Waals surface area contributed by atoms with Gasteiger partial charge in [0.15, 0.2) is 5.69 Å². The number of aryl methyl sites for hydroxylation is 1. The van der Waals surface area contributed by atoms with E-state index in [1.165, 1.54) is 11.3 Å². The molecule has 84 valence electrons. The first-order valence-electron chi connectivity index (χ1n) is 4.72. The monoisotopic (exact) mass is 256 g/mol. The third-order valence-corrected chi connectivity index (χ3v) is 3.15. The van der Waals surface area contributed by atoms with E-state index in [9.17, 15) is 4.79 Å². The van der Waals surface area contributed by atoms with Crippen LogP contribution < -0.4 is 0 Å². The highest BCUT2D eigenvalue weighted by Crippen LogP contribution is 2.27. The van der Waals surface area contributed by atoms with Crippen molar-refractivity contribution >= 4 is 39.1 Å². The molecule has 0 N–H and O–H groups in total. The highest BCUT2D eigenvalue weighted by atomic mass is 35.5. The van der Waals surface area contributed by atoms with Crippen molar-refractivity contribution in [2.24, 2.45) is 0 Å². The third-order valence-electron chi connectivity index (χ3n) is 1.94. The summed E-state index contributed by atoms with van der Waals surface area (Å²) in [5.74, 6) is -0.460. The van der Waals surface area contributed by atoms with Gasteiger partial charge in [-0.2, -0.15) is 0 Å². The Labute approximate surface area is 101 Å². The Bertz CT molecular complexity index is 553. The van der Waals surface area contributed by atoms with E-state index in [-0.39, 0.29) is 11.0 Å². The molecule has 2 rings (SSSR count). The summed E-state index contributed by atoms with van der Waals surface area (Å²) >= 11 is 7.21. The Morgan fingerprint density at radius 3 is 3.00 bits per heavy atom. The summed E-state index contributed by atoms with van der Waals surface area (Å²) in [7, 11) is 0. The fourth-order valence-corrected chi connectivity index (χ4v) is 2.46. The van der Waals surface area contributed by atoms with Gasteiger partial charge in [-0.15, -0.1) is 11.3 Å². The second-order valence-electron chi connectivity index (χ2n) is 3.13. The molecule has 0 unspecified atom stereocenters. The summed E-state index contributed by atoms with van der Waals surface area (Å²) < 4.78 is 5.64. The van der Waals surface area contributed by atoms with Crippen molar-refractivity contribution in [3.8, 4) is 0 Å². The van der Waals surface area contributed by atoms with Crippen LogP contribution in [0.25, 0.3) is 10.2 Å². The molecule has 0 saturated heterocycles. The number of halogens is 1. The van der Waals surface area contributed by atoms with E-state index in [0.717, 1.165) is 9.58 Å². The smallest absolute Gasteiger partial charge is 0.358 e. The minimum Gasteiger partial charge on any atom is -0.461 e.